The highest BCUT2D eigenvalue weighted by Gasteiger charge is 2.10. The first kappa shape index (κ1) is 15.5. The number of carbonyl (C=O) groups excluding carboxylic acids is 1. The molecule has 0 spiro atoms. The van der Waals surface area contributed by atoms with Gasteiger partial charge in [0, 0.05) is 19.6 Å². The molecule has 0 aliphatic carbocycles. The quantitative estimate of drug-likeness (QED) is 0.854. The molecule has 0 fully saturated rings. The summed E-state index contributed by atoms with van der Waals surface area (Å²) in [5.74, 6) is 0.973. The van der Waals surface area contributed by atoms with Gasteiger partial charge in [-0.25, -0.2) is 0 Å². The highest BCUT2D eigenvalue weighted by Crippen LogP contribution is 2.19. The molecule has 19 heavy (non-hydrogen) atoms. The Labute approximate surface area is 115 Å². The maximum atomic E-state index is 11.9. The number of nitrogens with one attached hydrogen (secondary N) is 1. The van der Waals surface area contributed by atoms with Crippen molar-refractivity contribution in [2.45, 2.75) is 33.4 Å². The van der Waals surface area contributed by atoms with Crippen LogP contribution in [-0.2, 0) is 11.3 Å². The molecule has 1 aromatic carbocycles. The number of amides is 1. The molecular formula is C15H24N2O2. The molecule has 1 N–H and O–H groups in total. The van der Waals surface area contributed by atoms with Crippen molar-refractivity contribution in [2.24, 2.45) is 0 Å². The van der Waals surface area contributed by atoms with Crippen LogP contribution in [0.5, 0.6) is 5.75 Å². The molecule has 0 aromatic heterocycles. The van der Waals surface area contributed by atoms with Gasteiger partial charge >= 0.3 is 0 Å². The van der Waals surface area contributed by atoms with E-state index in [1.165, 1.54) is 0 Å². The molecule has 1 rings (SSSR count). The normalized spacial score (nSPS) is 10.6. The van der Waals surface area contributed by atoms with Crippen LogP contribution >= 0.6 is 0 Å². The van der Waals surface area contributed by atoms with Crippen LogP contribution in [0.1, 0.15) is 25.0 Å². The van der Waals surface area contributed by atoms with Crippen LogP contribution in [0.25, 0.3) is 0 Å². The van der Waals surface area contributed by atoms with Crippen LogP contribution in [0.3, 0.4) is 0 Å². The van der Waals surface area contributed by atoms with Crippen LogP contribution in [0.2, 0.25) is 0 Å². The third-order valence-corrected chi connectivity index (χ3v) is 2.97. The van der Waals surface area contributed by atoms with E-state index in [0.29, 0.717) is 19.1 Å². The fourth-order valence-electron chi connectivity index (χ4n) is 1.83. The SMILES string of the molecule is COc1ccc(CN(C)C(=O)CNC(C)C)cc1C. The van der Waals surface area contributed by atoms with Crippen molar-refractivity contribution in [3.63, 3.8) is 0 Å². The van der Waals surface area contributed by atoms with E-state index >= 15 is 0 Å². The van der Waals surface area contributed by atoms with Gasteiger partial charge in [-0.05, 0) is 24.1 Å². The maximum absolute atomic E-state index is 11.9. The van der Waals surface area contributed by atoms with Gasteiger partial charge in [-0.1, -0.05) is 26.0 Å². The molecule has 4 nitrogen and oxygen atoms in total. The molecule has 0 atom stereocenters. The zero-order valence-corrected chi connectivity index (χ0v) is 12.5. The molecule has 0 aliphatic heterocycles. The number of hydrogen-bond acceptors (Lipinski definition) is 3. The predicted molar refractivity (Wildman–Crippen MR) is 77.3 cm³/mol. The van der Waals surface area contributed by atoms with Crippen molar-refractivity contribution in [1.29, 1.82) is 0 Å². The van der Waals surface area contributed by atoms with Crippen molar-refractivity contribution < 1.29 is 9.53 Å². The topological polar surface area (TPSA) is 41.6 Å². The first-order chi connectivity index (χ1) is 8.93. The zero-order valence-electron chi connectivity index (χ0n) is 12.5. The number of hydrogen-bond donors (Lipinski definition) is 1. The van der Waals surface area contributed by atoms with Gasteiger partial charge in [-0.3, -0.25) is 4.79 Å². The molecule has 0 unspecified atom stereocenters. The Morgan fingerprint density at radius 1 is 1.42 bits per heavy atom. The number of carbonyl (C=O) groups is 1. The second-order valence-electron chi connectivity index (χ2n) is 5.09. The standard InChI is InChI=1S/C15H24N2O2/c1-11(2)16-9-15(18)17(4)10-13-6-7-14(19-5)12(3)8-13/h6-8,11,16H,9-10H2,1-5H3. The van der Waals surface area contributed by atoms with Crippen molar-refractivity contribution in [3.8, 4) is 5.75 Å². The van der Waals surface area contributed by atoms with Crippen LogP contribution in [-0.4, -0.2) is 37.6 Å². The number of rotatable bonds is 6. The third-order valence-electron chi connectivity index (χ3n) is 2.97. The molecule has 0 heterocycles. The van der Waals surface area contributed by atoms with Crippen molar-refractivity contribution in [2.75, 3.05) is 20.7 Å². The summed E-state index contributed by atoms with van der Waals surface area (Å²) in [6.07, 6.45) is 0. The summed E-state index contributed by atoms with van der Waals surface area (Å²) in [6, 6.07) is 6.31. The summed E-state index contributed by atoms with van der Waals surface area (Å²) in [6.45, 7) is 7.05. The zero-order chi connectivity index (χ0) is 14.4. The highest BCUT2D eigenvalue weighted by molar-refractivity contribution is 5.78. The van der Waals surface area contributed by atoms with Crippen molar-refractivity contribution >= 4 is 5.91 Å². The van der Waals surface area contributed by atoms with Gasteiger partial charge in [-0.15, -0.1) is 0 Å². The number of aryl methyl sites for hydroxylation is 1. The van der Waals surface area contributed by atoms with E-state index in [1.54, 1.807) is 12.0 Å². The molecule has 4 heteroatoms. The summed E-state index contributed by atoms with van der Waals surface area (Å²) in [5.41, 5.74) is 2.19. The Kier molecular flexibility index (Phi) is 5.83. The Morgan fingerprint density at radius 2 is 2.11 bits per heavy atom. The first-order valence-electron chi connectivity index (χ1n) is 6.55. The second-order valence-corrected chi connectivity index (χ2v) is 5.09. The average molecular weight is 264 g/mol. The molecule has 1 aromatic rings. The minimum atomic E-state index is 0.0992. The van der Waals surface area contributed by atoms with Crippen LogP contribution in [0, 0.1) is 6.92 Å². The minimum absolute atomic E-state index is 0.0992. The van der Waals surface area contributed by atoms with Crippen molar-refractivity contribution in [1.82, 2.24) is 10.2 Å². The molecule has 0 saturated carbocycles. The summed E-state index contributed by atoms with van der Waals surface area (Å²) in [5, 5.41) is 3.13. The molecular weight excluding hydrogens is 240 g/mol. The van der Waals surface area contributed by atoms with E-state index in [2.05, 4.69) is 11.4 Å². The maximum Gasteiger partial charge on any atom is 0.236 e. The Morgan fingerprint density at radius 3 is 2.63 bits per heavy atom. The number of nitrogens with zero attached hydrogens (tertiary/aromatic N) is 1. The van der Waals surface area contributed by atoms with Gasteiger partial charge in [0.25, 0.3) is 0 Å². The van der Waals surface area contributed by atoms with E-state index in [9.17, 15) is 4.79 Å². The van der Waals surface area contributed by atoms with E-state index < -0.39 is 0 Å². The number of benzene rings is 1. The lowest BCUT2D eigenvalue weighted by molar-refractivity contribution is -0.129. The van der Waals surface area contributed by atoms with E-state index in [0.717, 1.165) is 16.9 Å². The van der Waals surface area contributed by atoms with Gasteiger partial charge in [-0.2, -0.15) is 0 Å². The van der Waals surface area contributed by atoms with E-state index in [4.69, 9.17) is 4.74 Å². The van der Waals surface area contributed by atoms with E-state index in [1.807, 2.05) is 40.0 Å². The lowest BCUT2D eigenvalue weighted by Gasteiger charge is -2.19. The number of ether oxygens (including phenoxy) is 1. The monoisotopic (exact) mass is 264 g/mol. The fraction of sp³-hybridized carbons (Fsp3) is 0.533. The van der Waals surface area contributed by atoms with Gasteiger partial charge < -0.3 is 15.0 Å². The van der Waals surface area contributed by atoms with Crippen LogP contribution in [0.15, 0.2) is 18.2 Å². The number of likely N-dealkylation sites (N-methyl/N-ethyl adjacent to an activating group) is 1. The average Bonchev–Trinajstić information content (AvgIpc) is 2.36. The van der Waals surface area contributed by atoms with Gasteiger partial charge in [0.05, 0.1) is 13.7 Å². The molecule has 0 bridgehead atoms. The van der Waals surface area contributed by atoms with E-state index in [-0.39, 0.29) is 5.91 Å². The molecule has 0 radical (unpaired) electrons. The van der Waals surface area contributed by atoms with Gasteiger partial charge in [0.2, 0.25) is 5.91 Å². The lowest BCUT2D eigenvalue weighted by atomic mass is 10.1. The first-order valence-corrected chi connectivity index (χ1v) is 6.55. The Balaban J connectivity index is 2.58. The minimum Gasteiger partial charge on any atom is -0.496 e. The third kappa shape index (κ3) is 4.91. The predicted octanol–water partition coefficient (Wildman–Crippen LogP) is 1.96. The number of methoxy groups -OCH3 is 1. The van der Waals surface area contributed by atoms with Crippen molar-refractivity contribution in [3.05, 3.63) is 29.3 Å². The summed E-state index contributed by atoms with van der Waals surface area (Å²) in [7, 11) is 3.49. The summed E-state index contributed by atoms with van der Waals surface area (Å²) < 4.78 is 5.23. The highest BCUT2D eigenvalue weighted by atomic mass is 16.5. The Bertz CT molecular complexity index is 430. The van der Waals surface area contributed by atoms with Gasteiger partial charge in [0.15, 0.2) is 0 Å². The van der Waals surface area contributed by atoms with Gasteiger partial charge in [0.1, 0.15) is 5.75 Å². The molecule has 0 aliphatic rings. The molecule has 106 valence electrons. The van der Waals surface area contributed by atoms with Crippen LogP contribution < -0.4 is 10.1 Å². The summed E-state index contributed by atoms with van der Waals surface area (Å²) >= 11 is 0. The summed E-state index contributed by atoms with van der Waals surface area (Å²) in [4.78, 5) is 13.6. The largest absolute Gasteiger partial charge is 0.496 e. The Hall–Kier alpha value is -1.55. The fourth-order valence-corrected chi connectivity index (χ4v) is 1.83. The van der Waals surface area contributed by atoms with Crippen LogP contribution in [0.4, 0.5) is 0 Å². The second kappa shape index (κ2) is 7.14. The molecule has 1 amide bonds. The smallest absolute Gasteiger partial charge is 0.236 e. The lowest BCUT2D eigenvalue weighted by Crippen LogP contribution is -2.37. The molecule has 0 saturated heterocycles.